The summed E-state index contributed by atoms with van der Waals surface area (Å²) in [6.45, 7) is 3.72. The Bertz CT molecular complexity index is 374. The van der Waals surface area contributed by atoms with E-state index >= 15 is 0 Å². The summed E-state index contributed by atoms with van der Waals surface area (Å²) in [7, 11) is 0. The monoisotopic (exact) mass is 242 g/mol. The number of carboxylic acids is 1. The van der Waals surface area contributed by atoms with Crippen LogP contribution in [-0.4, -0.2) is 16.7 Å². The molecule has 0 aromatic heterocycles. The number of carbonyl (C=O) groups is 1. The Hall–Kier alpha value is -1.22. The molecule has 0 heterocycles. The average Bonchev–Trinajstić information content (AvgIpc) is 2.14. The molecule has 88 valence electrons. The number of rotatable bonds is 5. The van der Waals surface area contributed by atoms with Crippen LogP contribution in [0.25, 0.3) is 0 Å². The first-order chi connectivity index (χ1) is 7.39. The van der Waals surface area contributed by atoms with E-state index < -0.39 is 11.6 Å². The van der Waals surface area contributed by atoms with Crippen LogP contribution in [-0.2, 0) is 4.79 Å². The fourth-order valence-electron chi connectivity index (χ4n) is 1.31. The van der Waals surface area contributed by atoms with Crippen molar-refractivity contribution in [2.45, 2.75) is 32.3 Å². The van der Waals surface area contributed by atoms with Crippen LogP contribution in [0.4, 0.5) is 0 Å². The van der Waals surface area contributed by atoms with Crippen LogP contribution in [0.3, 0.4) is 0 Å². The lowest BCUT2D eigenvalue weighted by Gasteiger charge is -2.25. The minimum atomic E-state index is -0.817. The number of carboxylic acid groups (broad SMARTS) is 1. The van der Waals surface area contributed by atoms with Crippen LogP contribution < -0.4 is 4.74 Å². The average molecular weight is 243 g/mol. The third-order valence-electron chi connectivity index (χ3n) is 2.13. The van der Waals surface area contributed by atoms with Crippen LogP contribution in [0.2, 0.25) is 5.02 Å². The van der Waals surface area contributed by atoms with Gasteiger partial charge in [0.25, 0.3) is 0 Å². The van der Waals surface area contributed by atoms with Crippen molar-refractivity contribution >= 4 is 17.6 Å². The molecule has 0 atom stereocenters. The van der Waals surface area contributed by atoms with Crippen LogP contribution in [0.15, 0.2) is 24.3 Å². The summed E-state index contributed by atoms with van der Waals surface area (Å²) in [5, 5.41) is 9.21. The van der Waals surface area contributed by atoms with Crippen LogP contribution in [0, 0.1) is 0 Å². The fraction of sp³-hybridized carbons (Fsp3) is 0.417. The Morgan fingerprint density at radius 3 is 2.75 bits per heavy atom. The summed E-state index contributed by atoms with van der Waals surface area (Å²) in [6.07, 6.45) is 0.544. The van der Waals surface area contributed by atoms with Crippen molar-refractivity contribution in [3.8, 4) is 5.75 Å². The minimum Gasteiger partial charge on any atom is -0.488 e. The molecule has 0 radical (unpaired) electrons. The smallest absolute Gasteiger partial charge is 0.303 e. The van der Waals surface area contributed by atoms with Gasteiger partial charge in [0.2, 0.25) is 0 Å². The summed E-state index contributed by atoms with van der Waals surface area (Å²) in [6, 6.07) is 7.07. The van der Waals surface area contributed by atoms with Gasteiger partial charge in [0, 0.05) is 11.4 Å². The lowest BCUT2D eigenvalue weighted by atomic mass is 10.0. The van der Waals surface area contributed by atoms with Gasteiger partial charge in [0.05, 0.1) is 0 Å². The summed E-state index contributed by atoms with van der Waals surface area (Å²) in [4.78, 5) is 10.5. The van der Waals surface area contributed by atoms with Gasteiger partial charge in [-0.15, -0.1) is 0 Å². The van der Waals surface area contributed by atoms with Crippen molar-refractivity contribution in [1.82, 2.24) is 0 Å². The zero-order chi connectivity index (χ0) is 12.2. The summed E-state index contributed by atoms with van der Waals surface area (Å²) < 4.78 is 5.69. The Morgan fingerprint density at radius 2 is 2.19 bits per heavy atom. The summed E-state index contributed by atoms with van der Waals surface area (Å²) >= 11 is 5.83. The Kier molecular flexibility index (Phi) is 4.19. The van der Waals surface area contributed by atoms with E-state index in [1.807, 2.05) is 13.8 Å². The van der Waals surface area contributed by atoms with E-state index in [9.17, 15) is 4.79 Å². The van der Waals surface area contributed by atoms with Crippen molar-refractivity contribution in [2.75, 3.05) is 0 Å². The number of aliphatic carboxylic acids is 1. The van der Waals surface area contributed by atoms with Crippen LogP contribution in [0.5, 0.6) is 5.75 Å². The third-order valence-corrected chi connectivity index (χ3v) is 2.37. The fourth-order valence-corrected chi connectivity index (χ4v) is 1.49. The number of ether oxygens (including phenoxy) is 1. The first kappa shape index (κ1) is 12.8. The molecular formula is C12H15ClO3. The predicted molar refractivity (Wildman–Crippen MR) is 63.0 cm³/mol. The highest BCUT2D eigenvalue weighted by molar-refractivity contribution is 6.30. The first-order valence-corrected chi connectivity index (χ1v) is 5.43. The normalized spacial score (nSPS) is 11.2. The van der Waals surface area contributed by atoms with Crippen LogP contribution in [0.1, 0.15) is 26.7 Å². The molecule has 0 amide bonds. The second-order valence-corrected chi connectivity index (χ2v) is 4.65. The number of hydrogen-bond acceptors (Lipinski definition) is 2. The molecule has 0 fully saturated rings. The number of halogens is 1. The topological polar surface area (TPSA) is 46.5 Å². The molecule has 0 spiro atoms. The van der Waals surface area contributed by atoms with Gasteiger partial charge in [-0.1, -0.05) is 17.7 Å². The molecule has 1 aromatic carbocycles. The van der Waals surface area contributed by atoms with E-state index in [0.717, 1.165) is 0 Å². The zero-order valence-corrected chi connectivity index (χ0v) is 10.1. The van der Waals surface area contributed by atoms with E-state index in [1.165, 1.54) is 0 Å². The van der Waals surface area contributed by atoms with Gasteiger partial charge < -0.3 is 9.84 Å². The molecule has 1 rings (SSSR count). The highest BCUT2D eigenvalue weighted by Gasteiger charge is 2.21. The quantitative estimate of drug-likeness (QED) is 0.861. The molecule has 0 aliphatic heterocycles. The van der Waals surface area contributed by atoms with Crippen molar-refractivity contribution in [1.29, 1.82) is 0 Å². The molecule has 0 unspecified atom stereocenters. The van der Waals surface area contributed by atoms with E-state index in [4.69, 9.17) is 21.4 Å². The van der Waals surface area contributed by atoms with Crippen molar-refractivity contribution in [3.05, 3.63) is 29.3 Å². The van der Waals surface area contributed by atoms with Gasteiger partial charge in [-0.05, 0) is 38.5 Å². The van der Waals surface area contributed by atoms with E-state index in [2.05, 4.69) is 0 Å². The minimum absolute atomic E-state index is 0.0908. The Morgan fingerprint density at radius 1 is 1.50 bits per heavy atom. The maximum atomic E-state index is 10.5. The van der Waals surface area contributed by atoms with Gasteiger partial charge in [0.1, 0.15) is 11.4 Å². The molecule has 1 aromatic rings. The van der Waals surface area contributed by atoms with E-state index in [-0.39, 0.29) is 6.42 Å². The van der Waals surface area contributed by atoms with Crippen molar-refractivity contribution < 1.29 is 14.6 Å². The SMILES string of the molecule is CC(C)(CCC(=O)O)Oc1cccc(Cl)c1. The van der Waals surface area contributed by atoms with Gasteiger partial charge in [-0.3, -0.25) is 4.79 Å². The Balaban J connectivity index is 2.61. The second-order valence-electron chi connectivity index (χ2n) is 4.21. The van der Waals surface area contributed by atoms with Crippen LogP contribution >= 0.6 is 11.6 Å². The zero-order valence-electron chi connectivity index (χ0n) is 9.37. The number of benzene rings is 1. The molecule has 0 saturated heterocycles. The largest absolute Gasteiger partial charge is 0.488 e. The molecule has 16 heavy (non-hydrogen) atoms. The lowest BCUT2D eigenvalue weighted by Crippen LogP contribution is -2.28. The maximum Gasteiger partial charge on any atom is 0.303 e. The van der Waals surface area contributed by atoms with E-state index in [0.29, 0.717) is 17.2 Å². The van der Waals surface area contributed by atoms with Crippen molar-refractivity contribution in [2.24, 2.45) is 0 Å². The first-order valence-electron chi connectivity index (χ1n) is 5.05. The molecule has 0 bridgehead atoms. The third kappa shape index (κ3) is 4.53. The second kappa shape index (κ2) is 5.21. The molecule has 3 nitrogen and oxygen atoms in total. The van der Waals surface area contributed by atoms with Gasteiger partial charge >= 0.3 is 5.97 Å². The summed E-state index contributed by atoms with van der Waals surface area (Å²) in [5.74, 6) is -0.161. The molecule has 1 N–H and O–H groups in total. The molecular weight excluding hydrogens is 228 g/mol. The molecule has 4 heteroatoms. The maximum absolute atomic E-state index is 10.5. The van der Waals surface area contributed by atoms with Gasteiger partial charge in [-0.2, -0.15) is 0 Å². The van der Waals surface area contributed by atoms with E-state index in [1.54, 1.807) is 24.3 Å². The molecule has 0 aliphatic rings. The number of hydrogen-bond donors (Lipinski definition) is 1. The standard InChI is InChI=1S/C12H15ClO3/c1-12(2,7-6-11(14)15)16-10-5-3-4-9(13)8-10/h3-5,8H,6-7H2,1-2H3,(H,14,15). The van der Waals surface area contributed by atoms with Gasteiger partial charge in [-0.25, -0.2) is 0 Å². The Labute approximate surface area is 100.0 Å². The van der Waals surface area contributed by atoms with Crippen molar-refractivity contribution in [3.63, 3.8) is 0 Å². The predicted octanol–water partition coefficient (Wildman–Crippen LogP) is 3.36. The molecule has 0 aliphatic carbocycles. The summed E-state index contributed by atoms with van der Waals surface area (Å²) in [5.41, 5.74) is -0.511. The highest BCUT2D eigenvalue weighted by atomic mass is 35.5. The highest BCUT2D eigenvalue weighted by Crippen LogP contribution is 2.24. The lowest BCUT2D eigenvalue weighted by molar-refractivity contribution is -0.138. The molecule has 0 saturated carbocycles. The van der Waals surface area contributed by atoms with Gasteiger partial charge in [0.15, 0.2) is 0 Å².